The maximum atomic E-state index is 13.2. The Kier molecular flexibility index (Phi) is 6.16. The third-order valence-corrected chi connectivity index (χ3v) is 6.77. The lowest BCUT2D eigenvalue weighted by Gasteiger charge is -2.26. The monoisotopic (exact) mass is 452 g/mol. The van der Waals surface area contributed by atoms with Crippen molar-refractivity contribution in [3.8, 4) is 0 Å². The molecule has 1 amide bonds. The van der Waals surface area contributed by atoms with Crippen LogP contribution in [0.3, 0.4) is 0 Å². The van der Waals surface area contributed by atoms with Crippen molar-refractivity contribution in [3.63, 3.8) is 0 Å². The van der Waals surface area contributed by atoms with Gasteiger partial charge in [-0.05, 0) is 62.4 Å². The highest BCUT2D eigenvalue weighted by Gasteiger charge is 2.24. The van der Waals surface area contributed by atoms with Crippen LogP contribution in [0.4, 0.5) is 0 Å². The van der Waals surface area contributed by atoms with Crippen molar-refractivity contribution in [2.24, 2.45) is 0 Å². The summed E-state index contributed by atoms with van der Waals surface area (Å²) in [6.45, 7) is 4.33. The van der Waals surface area contributed by atoms with Gasteiger partial charge in [-0.25, -0.2) is 13.1 Å². The SMILES string of the molecule is CCN(C(=O)c1ccc(S(=O)(=O)NCc2ccco2)cc1)C(C)c1cc2ccccc2o1. The molecule has 0 spiro atoms. The van der Waals surface area contributed by atoms with Crippen molar-refractivity contribution in [1.29, 1.82) is 0 Å². The van der Waals surface area contributed by atoms with E-state index < -0.39 is 10.0 Å². The van der Waals surface area contributed by atoms with Crippen LogP contribution in [-0.2, 0) is 16.6 Å². The predicted octanol–water partition coefficient (Wildman–Crippen LogP) is 4.73. The molecule has 2 heterocycles. The van der Waals surface area contributed by atoms with E-state index in [2.05, 4.69) is 4.72 Å². The lowest BCUT2D eigenvalue weighted by molar-refractivity contribution is 0.0684. The largest absolute Gasteiger partial charge is 0.468 e. The van der Waals surface area contributed by atoms with Gasteiger partial charge in [0.05, 0.1) is 23.7 Å². The second kappa shape index (κ2) is 9.02. The van der Waals surface area contributed by atoms with E-state index in [0.717, 1.165) is 11.0 Å². The predicted molar refractivity (Wildman–Crippen MR) is 121 cm³/mol. The molecule has 7 nitrogen and oxygen atoms in total. The summed E-state index contributed by atoms with van der Waals surface area (Å²) < 4.78 is 38.6. The fraction of sp³-hybridized carbons (Fsp3) is 0.208. The Bertz CT molecular complexity index is 1280. The molecule has 0 saturated carbocycles. The number of hydrogen-bond acceptors (Lipinski definition) is 5. The summed E-state index contributed by atoms with van der Waals surface area (Å²) in [7, 11) is -3.73. The van der Waals surface area contributed by atoms with Gasteiger partial charge < -0.3 is 13.7 Å². The Hall–Kier alpha value is -3.36. The molecule has 4 aromatic rings. The molecule has 0 aliphatic heterocycles. The molecule has 1 atom stereocenters. The highest BCUT2D eigenvalue weighted by Crippen LogP contribution is 2.28. The molecule has 0 saturated heterocycles. The van der Waals surface area contributed by atoms with Crippen LogP contribution in [0, 0.1) is 0 Å². The Morgan fingerprint density at radius 1 is 1.06 bits per heavy atom. The van der Waals surface area contributed by atoms with Crippen LogP contribution in [-0.4, -0.2) is 25.8 Å². The quantitative estimate of drug-likeness (QED) is 0.417. The number of rotatable bonds is 8. The van der Waals surface area contributed by atoms with Gasteiger partial charge in [0.1, 0.15) is 17.1 Å². The van der Waals surface area contributed by atoms with E-state index >= 15 is 0 Å². The highest BCUT2D eigenvalue weighted by atomic mass is 32.2. The average molecular weight is 453 g/mol. The van der Waals surface area contributed by atoms with Crippen molar-refractivity contribution in [2.75, 3.05) is 6.54 Å². The van der Waals surface area contributed by atoms with Gasteiger partial charge in [-0.1, -0.05) is 18.2 Å². The van der Waals surface area contributed by atoms with E-state index in [1.165, 1.54) is 30.5 Å². The topological polar surface area (TPSA) is 92.8 Å². The van der Waals surface area contributed by atoms with E-state index in [1.54, 1.807) is 17.0 Å². The summed E-state index contributed by atoms with van der Waals surface area (Å²) in [5.74, 6) is 1.01. The van der Waals surface area contributed by atoms with Crippen LogP contribution in [0.1, 0.15) is 41.8 Å². The minimum Gasteiger partial charge on any atom is -0.468 e. The molecule has 32 heavy (non-hydrogen) atoms. The van der Waals surface area contributed by atoms with E-state index in [4.69, 9.17) is 8.83 Å². The number of nitrogens with zero attached hydrogens (tertiary/aromatic N) is 1. The van der Waals surface area contributed by atoms with E-state index in [9.17, 15) is 13.2 Å². The lowest BCUT2D eigenvalue weighted by Crippen LogP contribution is -2.33. The van der Waals surface area contributed by atoms with Crippen LogP contribution in [0.15, 0.2) is 86.7 Å². The first kappa shape index (κ1) is 21.9. The number of fused-ring (bicyclic) bond motifs is 1. The Morgan fingerprint density at radius 2 is 1.81 bits per heavy atom. The number of hydrogen-bond donors (Lipinski definition) is 1. The van der Waals surface area contributed by atoms with Gasteiger partial charge >= 0.3 is 0 Å². The first-order valence-corrected chi connectivity index (χ1v) is 11.8. The zero-order chi connectivity index (χ0) is 22.7. The Labute approximate surface area is 186 Å². The van der Waals surface area contributed by atoms with Crippen molar-refractivity contribution in [3.05, 3.63) is 90.1 Å². The number of para-hydroxylation sites is 1. The molecule has 2 aromatic carbocycles. The minimum atomic E-state index is -3.73. The summed E-state index contributed by atoms with van der Waals surface area (Å²) in [5, 5.41) is 0.981. The number of benzene rings is 2. The fourth-order valence-electron chi connectivity index (χ4n) is 3.56. The number of sulfonamides is 1. The number of furan rings is 2. The Morgan fingerprint density at radius 3 is 2.47 bits per heavy atom. The molecule has 4 rings (SSSR count). The molecular formula is C24H24N2O5S. The Balaban J connectivity index is 1.50. The van der Waals surface area contributed by atoms with E-state index in [-0.39, 0.29) is 23.4 Å². The van der Waals surface area contributed by atoms with Gasteiger partial charge in [-0.3, -0.25) is 4.79 Å². The average Bonchev–Trinajstić information content (AvgIpc) is 3.48. The van der Waals surface area contributed by atoms with Crippen LogP contribution in [0.5, 0.6) is 0 Å². The maximum absolute atomic E-state index is 13.2. The second-order valence-electron chi connectivity index (χ2n) is 7.38. The molecule has 0 fully saturated rings. The normalized spacial score (nSPS) is 12.7. The van der Waals surface area contributed by atoms with Crippen molar-refractivity contribution < 1.29 is 22.0 Å². The number of carbonyl (C=O) groups excluding carboxylic acids is 1. The van der Waals surface area contributed by atoms with Crippen molar-refractivity contribution in [1.82, 2.24) is 9.62 Å². The molecule has 0 radical (unpaired) electrons. The molecule has 0 bridgehead atoms. The first-order chi connectivity index (χ1) is 15.4. The van der Waals surface area contributed by atoms with Crippen molar-refractivity contribution in [2.45, 2.75) is 31.3 Å². The second-order valence-corrected chi connectivity index (χ2v) is 9.15. The zero-order valence-electron chi connectivity index (χ0n) is 17.8. The molecule has 0 aliphatic rings. The van der Waals surface area contributed by atoms with Gasteiger partial charge in [0, 0.05) is 17.5 Å². The van der Waals surface area contributed by atoms with Gasteiger partial charge in [0.2, 0.25) is 10.0 Å². The lowest BCUT2D eigenvalue weighted by atomic mass is 10.1. The van der Waals surface area contributed by atoms with Crippen LogP contribution in [0.25, 0.3) is 11.0 Å². The summed E-state index contributed by atoms with van der Waals surface area (Å²) in [4.78, 5) is 14.9. The summed E-state index contributed by atoms with van der Waals surface area (Å²) in [6.07, 6.45) is 1.48. The van der Waals surface area contributed by atoms with Gasteiger partial charge in [0.15, 0.2) is 0 Å². The van der Waals surface area contributed by atoms with E-state index in [1.807, 2.05) is 44.2 Å². The van der Waals surface area contributed by atoms with Gasteiger partial charge in [-0.15, -0.1) is 0 Å². The third-order valence-electron chi connectivity index (χ3n) is 5.35. The minimum absolute atomic E-state index is 0.0502. The number of carbonyl (C=O) groups is 1. The highest BCUT2D eigenvalue weighted by molar-refractivity contribution is 7.89. The molecule has 1 unspecified atom stereocenters. The molecular weight excluding hydrogens is 428 g/mol. The standard InChI is InChI=1S/C24H24N2O5S/c1-3-26(17(2)23-15-19-7-4-5-9-22(19)31-23)24(27)18-10-12-21(13-11-18)32(28,29)25-16-20-8-6-14-30-20/h4-15,17,25H,3,16H2,1-2H3. The molecule has 0 aliphatic carbocycles. The van der Waals surface area contributed by atoms with E-state index in [0.29, 0.717) is 23.6 Å². The fourth-order valence-corrected chi connectivity index (χ4v) is 4.55. The summed E-state index contributed by atoms with van der Waals surface area (Å²) in [5.41, 5.74) is 1.18. The molecule has 166 valence electrons. The van der Waals surface area contributed by atoms with Crippen LogP contribution < -0.4 is 4.72 Å². The van der Waals surface area contributed by atoms with Gasteiger partial charge in [-0.2, -0.15) is 0 Å². The third kappa shape index (κ3) is 4.46. The smallest absolute Gasteiger partial charge is 0.254 e. The van der Waals surface area contributed by atoms with Crippen LogP contribution in [0.2, 0.25) is 0 Å². The molecule has 2 aromatic heterocycles. The van der Waals surface area contributed by atoms with Gasteiger partial charge in [0.25, 0.3) is 5.91 Å². The summed E-state index contributed by atoms with van der Waals surface area (Å²) >= 11 is 0. The number of amides is 1. The molecule has 1 N–H and O–H groups in total. The zero-order valence-corrected chi connectivity index (χ0v) is 18.6. The first-order valence-electron chi connectivity index (χ1n) is 10.3. The molecule has 8 heteroatoms. The number of nitrogens with one attached hydrogen (secondary N) is 1. The maximum Gasteiger partial charge on any atom is 0.254 e. The van der Waals surface area contributed by atoms with Crippen molar-refractivity contribution >= 4 is 26.9 Å². The van der Waals surface area contributed by atoms with Crippen LogP contribution >= 0.6 is 0 Å². The summed E-state index contributed by atoms with van der Waals surface area (Å²) in [6, 6.07) is 18.6.